The lowest BCUT2D eigenvalue weighted by molar-refractivity contribution is 0.0750. The third-order valence-electron chi connectivity index (χ3n) is 4.66. The summed E-state index contributed by atoms with van der Waals surface area (Å²) >= 11 is 0. The Morgan fingerprint density at radius 2 is 2.26 bits per heavy atom. The summed E-state index contributed by atoms with van der Waals surface area (Å²) in [5.41, 5.74) is 6.19. The molecular formula is C15H22N2O2. The third kappa shape index (κ3) is 2.29. The van der Waals surface area contributed by atoms with Gasteiger partial charge in [-0.1, -0.05) is 13.3 Å². The van der Waals surface area contributed by atoms with E-state index >= 15 is 0 Å². The highest BCUT2D eigenvalue weighted by molar-refractivity contribution is 5.91. The first-order valence-electron chi connectivity index (χ1n) is 7.32. The van der Waals surface area contributed by atoms with Crippen LogP contribution in [0, 0.1) is 11.8 Å². The fourth-order valence-corrected chi connectivity index (χ4v) is 3.52. The van der Waals surface area contributed by atoms with E-state index in [9.17, 15) is 4.79 Å². The first-order chi connectivity index (χ1) is 9.19. The van der Waals surface area contributed by atoms with Crippen LogP contribution in [0.3, 0.4) is 0 Å². The highest BCUT2D eigenvalue weighted by Gasteiger charge is 2.41. The zero-order valence-electron chi connectivity index (χ0n) is 11.5. The topological polar surface area (TPSA) is 59.5 Å². The van der Waals surface area contributed by atoms with Crippen LogP contribution in [-0.4, -0.2) is 29.9 Å². The van der Waals surface area contributed by atoms with Crippen LogP contribution in [0.25, 0.3) is 0 Å². The number of rotatable bonds is 2. The molecule has 0 radical (unpaired) electrons. The van der Waals surface area contributed by atoms with Gasteiger partial charge in [0.2, 0.25) is 0 Å². The van der Waals surface area contributed by atoms with Crippen LogP contribution < -0.4 is 5.73 Å². The van der Waals surface area contributed by atoms with Gasteiger partial charge in [-0.05, 0) is 36.8 Å². The van der Waals surface area contributed by atoms with Crippen LogP contribution in [0.1, 0.15) is 42.5 Å². The molecule has 1 saturated heterocycles. The minimum Gasteiger partial charge on any atom is -0.456 e. The summed E-state index contributed by atoms with van der Waals surface area (Å²) in [6, 6.07) is 3.95. The predicted octanol–water partition coefficient (Wildman–Crippen LogP) is 2.04. The zero-order chi connectivity index (χ0) is 13.4. The Morgan fingerprint density at radius 3 is 2.95 bits per heavy atom. The summed E-state index contributed by atoms with van der Waals surface area (Å²) < 4.78 is 5.56. The van der Waals surface area contributed by atoms with Gasteiger partial charge in [-0.15, -0.1) is 0 Å². The molecule has 1 saturated carbocycles. The number of amides is 1. The summed E-state index contributed by atoms with van der Waals surface area (Å²) in [6.45, 7) is 3.67. The Morgan fingerprint density at radius 1 is 1.42 bits per heavy atom. The van der Waals surface area contributed by atoms with Gasteiger partial charge in [0.05, 0.1) is 0 Å². The molecule has 3 rings (SSSR count). The van der Waals surface area contributed by atoms with Crippen molar-refractivity contribution in [3.05, 3.63) is 23.7 Å². The van der Waals surface area contributed by atoms with Gasteiger partial charge in [0.15, 0.2) is 5.76 Å². The van der Waals surface area contributed by atoms with Crippen LogP contribution in [0.5, 0.6) is 0 Å². The summed E-state index contributed by atoms with van der Waals surface area (Å²) in [6.07, 6.45) is 4.33. The van der Waals surface area contributed by atoms with E-state index in [1.165, 1.54) is 12.8 Å². The maximum Gasteiger partial charge on any atom is 0.289 e. The molecule has 2 fully saturated rings. The molecule has 2 aliphatic rings. The number of carbonyl (C=O) groups is 1. The number of carbonyl (C=O) groups excluding carboxylic acids is 1. The standard InChI is InChI=1S/C15H22N2O2/c1-2-11-6-7-14(19-11)15(18)17-8-10-4-3-5-13(16)12(10)9-17/h6-7,10,12-13H,2-5,8-9,16H2,1H3. The predicted molar refractivity (Wildman–Crippen MR) is 72.8 cm³/mol. The van der Waals surface area contributed by atoms with E-state index in [0.29, 0.717) is 17.6 Å². The van der Waals surface area contributed by atoms with Gasteiger partial charge < -0.3 is 15.1 Å². The van der Waals surface area contributed by atoms with Crippen LogP contribution >= 0.6 is 0 Å². The molecule has 104 valence electrons. The SMILES string of the molecule is CCc1ccc(C(=O)N2CC3CCCC(N)C3C2)o1. The average Bonchev–Trinajstić information content (AvgIpc) is 3.05. The number of hydrogen-bond donors (Lipinski definition) is 1. The molecule has 1 aliphatic carbocycles. The number of hydrogen-bond acceptors (Lipinski definition) is 3. The van der Waals surface area contributed by atoms with Gasteiger partial charge in [-0.25, -0.2) is 0 Å². The van der Waals surface area contributed by atoms with E-state index in [0.717, 1.165) is 31.7 Å². The molecular weight excluding hydrogens is 240 g/mol. The van der Waals surface area contributed by atoms with Crippen molar-refractivity contribution in [2.24, 2.45) is 17.6 Å². The number of nitrogens with zero attached hydrogens (tertiary/aromatic N) is 1. The van der Waals surface area contributed by atoms with E-state index < -0.39 is 0 Å². The van der Waals surface area contributed by atoms with Crippen LogP contribution in [0.4, 0.5) is 0 Å². The lowest BCUT2D eigenvalue weighted by Gasteiger charge is -2.29. The number of likely N-dealkylation sites (tertiary alicyclic amines) is 1. The summed E-state index contributed by atoms with van der Waals surface area (Å²) in [5, 5.41) is 0. The summed E-state index contributed by atoms with van der Waals surface area (Å²) in [5.74, 6) is 2.45. The molecule has 19 heavy (non-hydrogen) atoms. The summed E-state index contributed by atoms with van der Waals surface area (Å²) in [4.78, 5) is 14.3. The fraction of sp³-hybridized carbons (Fsp3) is 0.667. The molecule has 4 nitrogen and oxygen atoms in total. The van der Waals surface area contributed by atoms with Gasteiger partial charge in [0.25, 0.3) is 5.91 Å². The van der Waals surface area contributed by atoms with Crippen molar-refractivity contribution in [2.75, 3.05) is 13.1 Å². The third-order valence-corrected chi connectivity index (χ3v) is 4.66. The van der Waals surface area contributed by atoms with Gasteiger partial charge in [0.1, 0.15) is 5.76 Å². The molecule has 0 bridgehead atoms. The van der Waals surface area contributed by atoms with Gasteiger partial charge in [0, 0.05) is 25.6 Å². The maximum absolute atomic E-state index is 12.4. The second-order valence-electron chi connectivity index (χ2n) is 5.85. The molecule has 2 heterocycles. The Balaban J connectivity index is 1.71. The van der Waals surface area contributed by atoms with Crippen molar-refractivity contribution in [2.45, 2.75) is 38.6 Å². The Kier molecular flexibility index (Phi) is 3.35. The minimum absolute atomic E-state index is 0.0290. The molecule has 1 amide bonds. The van der Waals surface area contributed by atoms with Gasteiger partial charge in [-0.2, -0.15) is 0 Å². The Labute approximate surface area is 113 Å². The largest absolute Gasteiger partial charge is 0.456 e. The van der Waals surface area contributed by atoms with E-state index in [2.05, 4.69) is 0 Å². The molecule has 3 atom stereocenters. The molecule has 2 N–H and O–H groups in total. The van der Waals surface area contributed by atoms with Crippen LogP contribution in [0.2, 0.25) is 0 Å². The number of nitrogens with two attached hydrogens (primary N) is 1. The highest BCUT2D eigenvalue weighted by Crippen LogP contribution is 2.36. The van der Waals surface area contributed by atoms with Crippen molar-refractivity contribution in [3.8, 4) is 0 Å². The van der Waals surface area contributed by atoms with Crippen LogP contribution in [-0.2, 0) is 6.42 Å². The normalized spacial score (nSPS) is 30.4. The lowest BCUT2D eigenvalue weighted by Crippen LogP contribution is -2.38. The van der Waals surface area contributed by atoms with E-state index in [4.69, 9.17) is 10.2 Å². The molecule has 0 aromatic carbocycles. The van der Waals surface area contributed by atoms with Crippen molar-refractivity contribution >= 4 is 5.91 Å². The monoisotopic (exact) mass is 262 g/mol. The van der Waals surface area contributed by atoms with E-state index in [1.54, 1.807) is 6.07 Å². The second kappa shape index (κ2) is 5.00. The fourth-order valence-electron chi connectivity index (χ4n) is 3.52. The number of aryl methyl sites for hydroxylation is 1. The summed E-state index contributed by atoms with van der Waals surface area (Å²) in [7, 11) is 0. The number of furan rings is 1. The lowest BCUT2D eigenvalue weighted by atomic mass is 9.78. The molecule has 1 aliphatic heterocycles. The molecule has 4 heteroatoms. The van der Waals surface area contributed by atoms with E-state index in [-0.39, 0.29) is 11.9 Å². The first kappa shape index (κ1) is 12.7. The maximum atomic E-state index is 12.4. The van der Waals surface area contributed by atoms with E-state index in [1.807, 2.05) is 17.9 Å². The van der Waals surface area contributed by atoms with Crippen molar-refractivity contribution < 1.29 is 9.21 Å². The quantitative estimate of drug-likeness (QED) is 0.887. The molecule has 1 aromatic rings. The Bertz CT molecular complexity index is 468. The van der Waals surface area contributed by atoms with Crippen molar-refractivity contribution in [1.82, 2.24) is 4.90 Å². The molecule has 1 aromatic heterocycles. The minimum atomic E-state index is 0.0290. The van der Waals surface area contributed by atoms with Crippen molar-refractivity contribution in [3.63, 3.8) is 0 Å². The molecule has 0 spiro atoms. The first-order valence-corrected chi connectivity index (χ1v) is 7.32. The van der Waals surface area contributed by atoms with Gasteiger partial charge >= 0.3 is 0 Å². The number of fused-ring (bicyclic) bond motifs is 1. The average molecular weight is 262 g/mol. The van der Waals surface area contributed by atoms with Crippen molar-refractivity contribution in [1.29, 1.82) is 0 Å². The Hall–Kier alpha value is -1.29. The smallest absolute Gasteiger partial charge is 0.289 e. The zero-order valence-corrected chi connectivity index (χ0v) is 11.5. The van der Waals surface area contributed by atoms with Gasteiger partial charge in [-0.3, -0.25) is 4.79 Å². The molecule has 3 unspecified atom stereocenters. The second-order valence-corrected chi connectivity index (χ2v) is 5.85. The highest BCUT2D eigenvalue weighted by atomic mass is 16.4. The van der Waals surface area contributed by atoms with Crippen LogP contribution in [0.15, 0.2) is 16.5 Å².